The maximum atomic E-state index is 14.1. The van der Waals surface area contributed by atoms with Crippen molar-refractivity contribution in [2.45, 2.75) is 32.2 Å². The zero-order valence-corrected chi connectivity index (χ0v) is 23.3. The fourth-order valence-electron chi connectivity index (χ4n) is 4.65. The Morgan fingerprint density at radius 2 is 2.00 bits per heavy atom. The van der Waals surface area contributed by atoms with Gasteiger partial charge in [0.2, 0.25) is 5.88 Å². The summed E-state index contributed by atoms with van der Waals surface area (Å²) in [5, 5.41) is 4.68. The Morgan fingerprint density at radius 1 is 1.14 bits per heavy atom. The first kappa shape index (κ1) is 27.6. The lowest BCUT2D eigenvalue weighted by Gasteiger charge is -2.27. The minimum atomic E-state index is -0.468. The van der Waals surface area contributed by atoms with Gasteiger partial charge >= 0.3 is 5.97 Å². The van der Waals surface area contributed by atoms with Crippen LogP contribution in [0.3, 0.4) is 0 Å². The first-order valence-electron chi connectivity index (χ1n) is 13.2. The van der Waals surface area contributed by atoms with Crippen LogP contribution in [0.2, 0.25) is 5.02 Å². The van der Waals surface area contributed by atoms with E-state index in [2.05, 4.69) is 10.1 Å². The smallest absolute Gasteiger partial charge is 0.337 e. The molecule has 6 rings (SSSR count). The Labute approximate surface area is 244 Å². The minimum Gasteiger partial charge on any atom is -0.473 e. The van der Waals surface area contributed by atoms with E-state index in [9.17, 15) is 14.0 Å². The molecule has 2 aromatic carbocycles. The standard InChI is InChI=1S/C30H25ClFN5O5/c1-40-30(39)18-6-8-25-26(11-18)36(15-22-9-10-41-22)27(34-25)16-37-29(38)12-20(14-33-37)24-3-2-4-28(35-24)42-17-19-5-7-21(31)13-23(19)32/h2-8,11-14,22H,9-10,15-17H2,1H3/t22-/m0/s1. The Bertz CT molecular complexity index is 1850. The van der Waals surface area contributed by atoms with E-state index in [4.69, 9.17) is 30.8 Å². The predicted molar refractivity (Wildman–Crippen MR) is 152 cm³/mol. The molecule has 5 aromatic rings. The van der Waals surface area contributed by atoms with Gasteiger partial charge in [-0.3, -0.25) is 4.79 Å². The molecule has 0 N–H and O–H groups in total. The largest absolute Gasteiger partial charge is 0.473 e. The van der Waals surface area contributed by atoms with E-state index in [1.54, 1.807) is 54.7 Å². The number of imidazole rings is 1. The van der Waals surface area contributed by atoms with Crippen LogP contribution in [-0.4, -0.2) is 50.1 Å². The van der Waals surface area contributed by atoms with E-state index in [0.717, 1.165) is 11.9 Å². The monoisotopic (exact) mass is 589 g/mol. The van der Waals surface area contributed by atoms with Crippen molar-refractivity contribution in [1.29, 1.82) is 0 Å². The molecule has 0 amide bonds. The lowest BCUT2D eigenvalue weighted by atomic mass is 10.1. The SMILES string of the molecule is COC(=O)c1ccc2nc(Cn3ncc(-c4cccc(OCc5ccc(Cl)cc5F)n4)cc3=O)n(C[C@@H]3CCO3)c2c1. The lowest BCUT2D eigenvalue weighted by Crippen LogP contribution is -2.32. The van der Waals surface area contributed by atoms with Crippen molar-refractivity contribution in [3.05, 3.63) is 105 Å². The normalized spacial score (nSPS) is 14.5. The molecule has 214 valence electrons. The van der Waals surface area contributed by atoms with Crippen LogP contribution in [0.1, 0.15) is 28.2 Å². The van der Waals surface area contributed by atoms with Crippen molar-refractivity contribution in [2.75, 3.05) is 13.7 Å². The highest BCUT2D eigenvalue weighted by Gasteiger charge is 2.23. The molecule has 0 radical (unpaired) electrons. The fourth-order valence-corrected chi connectivity index (χ4v) is 4.81. The van der Waals surface area contributed by atoms with Gasteiger partial charge in [0.1, 0.15) is 24.8 Å². The topological polar surface area (TPSA) is 110 Å². The summed E-state index contributed by atoms with van der Waals surface area (Å²) in [6, 6.07) is 16.1. The molecule has 0 spiro atoms. The molecule has 0 unspecified atom stereocenters. The molecule has 4 heterocycles. The zero-order valence-electron chi connectivity index (χ0n) is 22.5. The molecule has 12 heteroatoms. The highest BCUT2D eigenvalue weighted by molar-refractivity contribution is 6.30. The maximum Gasteiger partial charge on any atom is 0.337 e. The number of methoxy groups -OCH3 is 1. The van der Waals surface area contributed by atoms with E-state index >= 15 is 0 Å². The second kappa shape index (κ2) is 11.7. The van der Waals surface area contributed by atoms with Gasteiger partial charge in [-0.25, -0.2) is 23.8 Å². The number of esters is 1. The van der Waals surface area contributed by atoms with Gasteiger partial charge in [-0.2, -0.15) is 5.10 Å². The number of aromatic nitrogens is 5. The van der Waals surface area contributed by atoms with Crippen LogP contribution >= 0.6 is 11.6 Å². The van der Waals surface area contributed by atoms with E-state index in [1.165, 1.54) is 23.9 Å². The van der Waals surface area contributed by atoms with Crippen LogP contribution in [0, 0.1) is 5.82 Å². The van der Waals surface area contributed by atoms with Gasteiger partial charge in [-0.1, -0.05) is 23.7 Å². The van der Waals surface area contributed by atoms with Crippen LogP contribution in [-0.2, 0) is 29.2 Å². The van der Waals surface area contributed by atoms with E-state index in [0.29, 0.717) is 51.9 Å². The highest BCUT2D eigenvalue weighted by Crippen LogP contribution is 2.24. The van der Waals surface area contributed by atoms with Gasteiger partial charge in [0.15, 0.2) is 0 Å². The van der Waals surface area contributed by atoms with Crippen LogP contribution in [0.15, 0.2) is 71.7 Å². The molecule has 1 aliphatic heterocycles. The summed E-state index contributed by atoms with van der Waals surface area (Å²) in [6.45, 7) is 1.30. The van der Waals surface area contributed by atoms with Crippen LogP contribution < -0.4 is 10.3 Å². The average molecular weight is 590 g/mol. The molecule has 10 nitrogen and oxygen atoms in total. The summed E-state index contributed by atoms with van der Waals surface area (Å²) in [6.07, 6.45) is 2.48. The van der Waals surface area contributed by atoms with Crippen molar-refractivity contribution < 1.29 is 23.4 Å². The number of fused-ring (bicyclic) bond motifs is 1. The third-order valence-corrected chi connectivity index (χ3v) is 7.23. The number of hydrogen-bond acceptors (Lipinski definition) is 8. The van der Waals surface area contributed by atoms with Gasteiger partial charge in [-0.05, 0) is 42.8 Å². The zero-order chi connectivity index (χ0) is 29.2. The predicted octanol–water partition coefficient (Wildman–Crippen LogP) is 4.65. The number of halogens is 2. The van der Waals surface area contributed by atoms with E-state index in [1.807, 2.05) is 4.57 Å². The Kier molecular flexibility index (Phi) is 7.68. The van der Waals surface area contributed by atoms with Gasteiger partial charge in [0.05, 0.1) is 48.2 Å². The fraction of sp³-hybridized carbons (Fsp3) is 0.233. The van der Waals surface area contributed by atoms with Gasteiger partial charge in [0, 0.05) is 34.9 Å². The highest BCUT2D eigenvalue weighted by atomic mass is 35.5. The molecule has 1 saturated heterocycles. The molecule has 0 bridgehead atoms. The number of nitrogens with zero attached hydrogens (tertiary/aromatic N) is 5. The van der Waals surface area contributed by atoms with Crippen LogP contribution in [0.5, 0.6) is 5.88 Å². The molecular formula is C30H25ClFN5O5. The molecule has 1 fully saturated rings. The van der Waals surface area contributed by atoms with Gasteiger partial charge in [0.25, 0.3) is 5.56 Å². The summed E-state index contributed by atoms with van der Waals surface area (Å²) in [4.78, 5) is 34.5. The Balaban J connectivity index is 1.24. The minimum absolute atomic E-state index is 0.0201. The molecule has 0 aliphatic carbocycles. The molecule has 1 aliphatic rings. The third-order valence-electron chi connectivity index (χ3n) is 7.00. The summed E-state index contributed by atoms with van der Waals surface area (Å²) in [5.41, 5.74) is 2.80. The molecule has 1 atom stereocenters. The summed E-state index contributed by atoms with van der Waals surface area (Å²) >= 11 is 5.82. The van der Waals surface area contributed by atoms with E-state index in [-0.39, 0.29) is 30.7 Å². The third kappa shape index (κ3) is 5.74. The van der Waals surface area contributed by atoms with Crippen LogP contribution in [0.4, 0.5) is 4.39 Å². The second-order valence-electron chi connectivity index (χ2n) is 9.74. The van der Waals surface area contributed by atoms with Crippen molar-refractivity contribution in [2.24, 2.45) is 0 Å². The van der Waals surface area contributed by atoms with Crippen molar-refractivity contribution >= 4 is 28.6 Å². The number of benzene rings is 2. The van der Waals surface area contributed by atoms with E-state index < -0.39 is 11.8 Å². The van der Waals surface area contributed by atoms with Crippen molar-refractivity contribution in [3.8, 4) is 17.1 Å². The average Bonchev–Trinajstić information content (AvgIpc) is 3.31. The number of rotatable bonds is 9. The maximum absolute atomic E-state index is 14.1. The number of pyridine rings is 1. The van der Waals surface area contributed by atoms with Gasteiger partial charge < -0.3 is 18.8 Å². The van der Waals surface area contributed by atoms with Gasteiger partial charge in [-0.15, -0.1) is 0 Å². The summed E-state index contributed by atoms with van der Waals surface area (Å²) in [5.74, 6) is -0.0407. The summed E-state index contributed by atoms with van der Waals surface area (Å²) < 4.78 is 33.6. The second-order valence-corrected chi connectivity index (χ2v) is 10.2. The lowest BCUT2D eigenvalue weighted by molar-refractivity contribution is -0.0590. The summed E-state index contributed by atoms with van der Waals surface area (Å²) in [7, 11) is 1.33. The first-order valence-corrected chi connectivity index (χ1v) is 13.6. The quantitative estimate of drug-likeness (QED) is 0.229. The molecule has 42 heavy (non-hydrogen) atoms. The Morgan fingerprint density at radius 3 is 2.74 bits per heavy atom. The van der Waals surface area contributed by atoms with Crippen LogP contribution in [0.25, 0.3) is 22.3 Å². The molecule has 3 aromatic heterocycles. The number of ether oxygens (including phenoxy) is 3. The molecule has 0 saturated carbocycles. The van der Waals surface area contributed by atoms with Crippen molar-refractivity contribution in [3.63, 3.8) is 0 Å². The van der Waals surface area contributed by atoms with Crippen molar-refractivity contribution in [1.82, 2.24) is 24.3 Å². The number of hydrogen-bond donors (Lipinski definition) is 0. The number of carbonyl (C=O) groups is 1. The molecular weight excluding hydrogens is 565 g/mol. The first-order chi connectivity index (χ1) is 20.4. The Hall–Kier alpha value is -4.61. The number of carbonyl (C=O) groups excluding carboxylic acids is 1.